The van der Waals surface area contributed by atoms with E-state index in [0.29, 0.717) is 26.1 Å². The Morgan fingerprint density at radius 3 is 1.94 bits per heavy atom. The summed E-state index contributed by atoms with van der Waals surface area (Å²) >= 11 is 0. The van der Waals surface area contributed by atoms with Crippen molar-refractivity contribution in [3.63, 3.8) is 0 Å². The van der Waals surface area contributed by atoms with E-state index < -0.39 is 16.6 Å². The molecule has 0 N–H and O–H groups in total. The van der Waals surface area contributed by atoms with Gasteiger partial charge in [-0.2, -0.15) is 0 Å². The number of ether oxygens (including phenoxy) is 1. The number of carbonyl (C=O) groups is 1. The summed E-state index contributed by atoms with van der Waals surface area (Å²) in [6.45, 7) is 23.9. The maximum Gasteiger partial charge on any atom is 0.192 e. The van der Waals surface area contributed by atoms with Gasteiger partial charge in [0.05, 0.1) is 12.7 Å². The minimum Gasteiger partial charge on any atom is -0.417 e. The highest BCUT2D eigenvalue weighted by Crippen LogP contribution is 2.39. The molecule has 0 saturated carbocycles. The first kappa shape index (κ1) is 29.2. The Morgan fingerprint density at radius 1 is 0.875 bits per heavy atom. The molecule has 0 aliphatic rings. The quantitative estimate of drug-likeness (QED) is 0.219. The van der Waals surface area contributed by atoms with E-state index in [2.05, 4.69) is 79.9 Å². The van der Waals surface area contributed by atoms with Crippen LogP contribution in [0, 0.1) is 0 Å². The number of rotatable bonds is 13. The number of hydrogen-bond acceptors (Lipinski definition) is 4. The zero-order chi connectivity index (χ0) is 24.6. The molecule has 0 radical (unpaired) electrons. The van der Waals surface area contributed by atoms with Gasteiger partial charge in [0.15, 0.2) is 16.6 Å². The second-order valence-electron chi connectivity index (χ2n) is 12.0. The normalized spacial score (nSPS) is 15.4. The van der Waals surface area contributed by atoms with Crippen molar-refractivity contribution < 1.29 is 18.4 Å². The third-order valence-corrected chi connectivity index (χ3v) is 16.3. The van der Waals surface area contributed by atoms with Crippen LogP contribution in [0.2, 0.25) is 36.3 Å². The lowest BCUT2D eigenvalue weighted by Crippen LogP contribution is -2.46. The average Bonchev–Trinajstić information content (AvgIpc) is 2.64. The lowest BCUT2D eigenvalue weighted by molar-refractivity contribution is -0.111. The van der Waals surface area contributed by atoms with Crippen LogP contribution in [0.3, 0.4) is 0 Å². The highest BCUT2D eigenvalue weighted by atomic mass is 28.4. The van der Waals surface area contributed by atoms with E-state index in [1.807, 2.05) is 18.2 Å². The minimum atomic E-state index is -1.97. The first-order chi connectivity index (χ1) is 14.6. The lowest BCUT2D eigenvalue weighted by atomic mass is 10.1. The Morgan fingerprint density at radius 2 is 1.44 bits per heavy atom. The van der Waals surface area contributed by atoms with E-state index in [1.54, 1.807) is 0 Å². The van der Waals surface area contributed by atoms with Crippen molar-refractivity contribution in [3.05, 3.63) is 35.9 Å². The fraction of sp³-hybridized carbons (Fsp3) is 0.731. The molecule has 0 unspecified atom stereocenters. The smallest absolute Gasteiger partial charge is 0.192 e. The molecular formula is C26H48O4Si2. The van der Waals surface area contributed by atoms with Crippen LogP contribution in [0.15, 0.2) is 30.3 Å². The standard InChI is InChI=1S/C26H48O4Si2/c1-25(2,3)31(7,8)29-19-17-24(30-32(9,10)26(4,5)6)20-23(16-18-27)28-21-22-14-12-11-13-15-22/h11-15,18,23-24H,16-17,19-21H2,1-10H3/t23-,24-/m0/s1. The molecule has 0 bridgehead atoms. The van der Waals surface area contributed by atoms with Crippen molar-refractivity contribution in [2.24, 2.45) is 0 Å². The fourth-order valence-corrected chi connectivity index (χ4v) is 5.36. The average molecular weight is 481 g/mol. The van der Waals surface area contributed by atoms with Crippen LogP contribution in [0.25, 0.3) is 0 Å². The Hall–Kier alpha value is -0.796. The van der Waals surface area contributed by atoms with Crippen LogP contribution in [-0.2, 0) is 25.0 Å². The van der Waals surface area contributed by atoms with Crippen LogP contribution in [0.5, 0.6) is 0 Å². The summed E-state index contributed by atoms with van der Waals surface area (Å²) in [5.74, 6) is 0. The summed E-state index contributed by atoms with van der Waals surface area (Å²) in [6.07, 6.45) is 2.73. The van der Waals surface area contributed by atoms with E-state index in [4.69, 9.17) is 13.6 Å². The zero-order valence-corrected chi connectivity index (χ0v) is 24.3. The van der Waals surface area contributed by atoms with Crippen molar-refractivity contribution in [1.29, 1.82) is 0 Å². The minimum absolute atomic E-state index is 0.0152. The Balaban J connectivity index is 2.89. The van der Waals surface area contributed by atoms with E-state index in [-0.39, 0.29) is 22.3 Å². The molecule has 0 heterocycles. The maximum atomic E-state index is 11.4. The van der Waals surface area contributed by atoms with Crippen LogP contribution >= 0.6 is 0 Å². The summed E-state index contributed by atoms with van der Waals surface area (Å²) in [5.41, 5.74) is 1.12. The third kappa shape index (κ3) is 9.60. The molecule has 0 fully saturated rings. The maximum absolute atomic E-state index is 11.4. The van der Waals surface area contributed by atoms with Crippen LogP contribution in [-0.4, -0.2) is 41.7 Å². The monoisotopic (exact) mass is 480 g/mol. The van der Waals surface area contributed by atoms with Gasteiger partial charge in [0.2, 0.25) is 0 Å². The topological polar surface area (TPSA) is 44.8 Å². The number of benzene rings is 1. The molecule has 4 nitrogen and oxygen atoms in total. The molecule has 0 spiro atoms. The van der Waals surface area contributed by atoms with Gasteiger partial charge in [-0.3, -0.25) is 0 Å². The largest absolute Gasteiger partial charge is 0.417 e. The summed E-state index contributed by atoms with van der Waals surface area (Å²) < 4.78 is 19.4. The predicted molar refractivity (Wildman–Crippen MR) is 140 cm³/mol. The first-order valence-electron chi connectivity index (χ1n) is 12.0. The molecule has 1 aromatic carbocycles. The third-order valence-electron chi connectivity index (χ3n) is 7.19. The van der Waals surface area contributed by atoms with Gasteiger partial charge < -0.3 is 18.4 Å². The van der Waals surface area contributed by atoms with Crippen molar-refractivity contribution in [2.75, 3.05) is 6.61 Å². The molecule has 0 aliphatic heterocycles. The number of aldehydes is 1. The molecule has 2 atom stereocenters. The number of carbonyl (C=O) groups excluding carboxylic acids is 1. The van der Waals surface area contributed by atoms with E-state index in [0.717, 1.165) is 18.3 Å². The SMILES string of the molecule is CC(C)(C)[Si](C)(C)OCC[C@@H](C[C@H](CC=O)OCc1ccccc1)O[Si](C)(C)C(C)(C)C. The van der Waals surface area contributed by atoms with Gasteiger partial charge in [-0.15, -0.1) is 0 Å². The Kier molecular flexibility index (Phi) is 11.0. The predicted octanol–water partition coefficient (Wildman–Crippen LogP) is 7.35. The Labute approximate surface area is 199 Å². The second kappa shape index (κ2) is 12.1. The fourth-order valence-electron chi connectivity index (χ4n) is 2.90. The van der Waals surface area contributed by atoms with Crippen molar-refractivity contribution in [3.8, 4) is 0 Å². The molecule has 1 aromatic rings. The first-order valence-corrected chi connectivity index (χ1v) is 17.8. The molecule has 0 aliphatic carbocycles. The van der Waals surface area contributed by atoms with Crippen LogP contribution in [0.4, 0.5) is 0 Å². The van der Waals surface area contributed by atoms with Gasteiger partial charge in [-0.25, -0.2) is 0 Å². The van der Waals surface area contributed by atoms with E-state index in [9.17, 15) is 4.79 Å². The summed E-state index contributed by atoms with van der Waals surface area (Å²) in [6, 6.07) is 10.1. The molecule has 0 aromatic heterocycles. The van der Waals surface area contributed by atoms with Gasteiger partial charge in [0, 0.05) is 19.1 Å². The van der Waals surface area contributed by atoms with E-state index >= 15 is 0 Å². The van der Waals surface area contributed by atoms with Crippen molar-refractivity contribution in [2.45, 2.75) is 116 Å². The van der Waals surface area contributed by atoms with Crippen molar-refractivity contribution >= 4 is 22.9 Å². The number of hydrogen-bond donors (Lipinski definition) is 0. The van der Waals surface area contributed by atoms with Gasteiger partial charge in [-0.1, -0.05) is 71.9 Å². The molecule has 6 heteroatoms. The lowest BCUT2D eigenvalue weighted by Gasteiger charge is -2.41. The van der Waals surface area contributed by atoms with Gasteiger partial charge in [0.25, 0.3) is 0 Å². The highest BCUT2D eigenvalue weighted by Gasteiger charge is 2.40. The molecule has 184 valence electrons. The summed E-state index contributed by atoms with van der Waals surface area (Å²) in [7, 11) is -3.78. The van der Waals surface area contributed by atoms with Gasteiger partial charge in [-0.05, 0) is 54.7 Å². The van der Waals surface area contributed by atoms with Crippen LogP contribution in [0.1, 0.15) is 66.4 Å². The molecule has 0 saturated heterocycles. The summed E-state index contributed by atoms with van der Waals surface area (Å²) in [5, 5.41) is 0.304. The Bertz CT molecular complexity index is 675. The van der Waals surface area contributed by atoms with Gasteiger partial charge >= 0.3 is 0 Å². The van der Waals surface area contributed by atoms with Gasteiger partial charge in [0.1, 0.15) is 6.29 Å². The van der Waals surface area contributed by atoms with E-state index in [1.165, 1.54) is 0 Å². The second-order valence-corrected chi connectivity index (χ2v) is 21.5. The zero-order valence-electron chi connectivity index (χ0n) is 22.3. The molecule has 0 amide bonds. The molecule has 1 rings (SSSR count). The van der Waals surface area contributed by atoms with Crippen LogP contribution < -0.4 is 0 Å². The molecule has 32 heavy (non-hydrogen) atoms. The molecular weight excluding hydrogens is 432 g/mol. The highest BCUT2D eigenvalue weighted by molar-refractivity contribution is 6.74. The summed E-state index contributed by atoms with van der Waals surface area (Å²) in [4.78, 5) is 11.4. The van der Waals surface area contributed by atoms with Crippen molar-refractivity contribution in [1.82, 2.24) is 0 Å².